The molecule has 136 valence electrons. The van der Waals surface area contributed by atoms with Gasteiger partial charge in [0.1, 0.15) is 9.79 Å². The lowest BCUT2D eigenvalue weighted by Crippen LogP contribution is -2.13. The molecule has 0 saturated heterocycles. The fraction of sp³-hybridized carbons (Fsp3) is 0. The summed E-state index contributed by atoms with van der Waals surface area (Å²) >= 11 is 11.6. The van der Waals surface area contributed by atoms with Crippen molar-refractivity contribution in [2.24, 2.45) is 0 Å². The van der Waals surface area contributed by atoms with Crippen LogP contribution in [-0.4, -0.2) is 21.4 Å². The van der Waals surface area contributed by atoms with Gasteiger partial charge in [0, 0.05) is 5.02 Å². The molecule has 0 heterocycles. The van der Waals surface area contributed by atoms with E-state index in [1.165, 1.54) is 12.1 Å². The summed E-state index contributed by atoms with van der Waals surface area (Å²) in [7, 11) is -9.25. The van der Waals surface area contributed by atoms with Crippen molar-refractivity contribution in [1.29, 1.82) is 0 Å². The Morgan fingerprint density at radius 2 is 1.50 bits per heavy atom. The number of halogens is 2. The molecule has 26 heavy (non-hydrogen) atoms. The molecule has 1 N–H and O–H groups in total. The van der Waals surface area contributed by atoms with Crippen LogP contribution in [0.2, 0.25) is 10.0 Å². The van der Waals surface area contributed by atoms with Crippen LogP contribution in [0.3, 0.4) is 0 Å². The van der Waals surface area contributed by atoms with Crippen LogP contribution in [-0.2, 0) is 20.2 Å². The van der Waals surface area contributed by atoms with Crippen LogP contribution in [0.5, 0.6) is 5.75 Å². The molecule has 0 fully saturated rings. The largest absolute Gasteiger partial charge is 0.376 e. The van der Waals surface area contributed by atoms with Crippen LogP contribution in [0.1, 0.15) is 0 Å². The van der Waals surface area contributed by atoms with Gasteiger partial charge in [-0.15, -0.1) is 0 Å². The Kier molecular flexibility index (Phi) is 4.89. The lowest BCUT2D eigenvalue weighted by Gasteiger charge is -2.12. The standard InChI is InChI=1S/C16H10Cl2O6S2/c17-12-8-14(18)16(15(9-12)25(19,20)21)24-26(22,23)13-6-5-10-3-1-2-4-11(10)7-13/h1-9H,(H,19,20,21). The minimum Gasteiger partial charge on any atom is -0.376 e. The number of fused-ring (bicyclic) bond motifs is 1. The van der Waals surface area contributed by atoms with Crippen molar-refractivity contribution in [3.05, 3.63) is 64.6 Å². The molecule has 0 bridgehead atoms. The molecule has 0 amide bonds. The predicted molar refractivity (Wildman–Crippen MR) is 98.0 cm³/mol. The highest BCUT2D eigenvalue weighted by Crippen LogP contribution is 2.37. The van der Waals surface area contributed by atoms with Gasteiger partial charge < -0.3 is 4.18 Å². The molecule has 0 spiro atoms. The summed E-state index contributed by atoms with van der Waals surface area (Å²) in [5.74, 6) is -0.730. The molecule has 0 aliphatic carbocycles. The van der Waals surface area contributed by atoms with Gasteiger partial charge in [-0.05, 0) is 35.0 Å². The van der Waals surface area contributed by atoms with Gasteiger partial charge in [0.05, 0.1) is 5.02 Å². The molecular weight excluding hydrogens is 423 g/mol. The van der Waals surface area contributed by atoms with Crippen molar-refractivity contribution < 1.29 is 25.6 Å². The van der Waals surface area contributed by atoms with Gasteiger partial charge >= 0.3 is 10.1 Å². The van der Waals surface area contributed by atoms with E-state index < -0.39 is 30.9 Å². The maximum absolute atomic E-state index is 12.6. The third-order valence-electron chi connectivity index (χ3n) is 3.45. The summed E-state index contributed by atoms with van der Waals surface area (Å²) in [6, 6.07) is 13.3. The van der Waals surface area contributed by atoms with E-state index in [0.29, 0.717) is 5.39 Å². The Hall–Kier alpha value is -1.84. The first-order chi connectivity index (χ1) is 12.1. The van der Waals surface area contributed by atoms with Gasteiger partial charge in [0.2, 0.25) is 0 Å². The Morgan fingerprint density at radius 1 is 0.846 bits per heavy atom. The van der Waals surface area contributed by atoms with Gasteiger partial charge in [0.25, 0.3) is 10.1 Å². The summed E-state index contributed by atoms with van der Waals surface area (Å²) in [4.78, 5) is -1.05. The third-order valence-corrected chi connectivity index (χ3v) is 6.03. The van der Waals surface area contributed by atoms with E-state index in [0.717, 1.165) is 17.5 Å². The Balaban J connectivity index is 2.12. The van der Waals surface area contributed by atoms with Crippen LogP contribution in [0.15, 0.2) is 64.4 Å². The highest BCUT2D eigenvalue weighted by Gasteiger charge is 2.26. The van der Waals surface area contributed by atoms with E-state index in [4.69, 9.17) is 27.4 Å². The second-order valence-corrected chi connectivity index (χ2v) is 9.02. The van der Waals surface area contributed by atoms with Gasteiger partial charge in [-0.3, -0.25) is 4.55 Å². The second kappa shape index (κ2) is 6.71. The zero-order chi connectivity index (χ0) is 19.1. The molecule has 10 heteroatoms. The molecule has 0 atom stereocenters. The SMILES string of the molecule is O=S(=O)(O)c1cc(Cl)cc(Cl)c1OS(=O)(=O)c1ccc2ccccc2c1. The zero-order valence-corrected chi connectivity index (χ0v) is 15.9. The fourth-order valence-corrected chi connectivity index (χ4v) is 4.70. The van der Waals surface area contributed by atoms with E-state index in [2.05, 4.69) is 0 Å². The molecule has 0 radical (unpaired) electrons. The van der Waals surface area contributed by atoms with Crippen LogP contribution in [0, 0.1) is 0 Å². The van der Waals surface area contributed by atoms with Crippen molar-refractivity contribution >= 4 is 54.2 Å². The van der Waals surface area contributed by atoms with Gasteiger partial charge in [0.15, 0.2) is 5.75 Å². The first-order valence-electron chi connectivity index (χ1n) is 6.98. The Bertz CT molecular complexity index is 1220. The molecule has 6 nitrogen and oxygen atoms in total. The third kappa shape index (κ3) is 3.79. The number of hydrogen-bond acceptors (Lipinski definition) is 5. The smallest absolute Gasteiger partial charge is 0.339 e. The van der Waals surface area contributed by atoms with E-state index in [1.54, 1.807) is 30.3 Å². The predicted octanol–water partition coefficient (Wildman–Crippen LogP) is 4.16. The molecule has 3 aromatic rings. The van der Waals surface area contributed by atoms with Gasteiger partial charge in [-0.25, -0.2) is 0 Å². The number of benzene rings is 3. The minimum atomic E-state index is -4.83. The van der Waals surface area contributed by atoms with Crippen LogP contribution in [0.4, 0.5) is 0 Å². The molecule has 0 aliphatic heterocycles. The zero-order valence-electron chi connectivity index (χ0n) is 12.8. The maximum Gasteiger partial charge on any atom is 0.339 e. The molecule has 3 rings (SSSR count). The first kappa shape index (κ1) is 18.9. The van der Waals surface area contributed by atoms with Gasteiger partial charge in [-0.2, -0.15) is 16.8 Å². The van der Waals surface area contributed by atoms with E-state index in [1.807, 2.05) is 0 Å². The summed E-state index contributed by atoms with van der Waals surface area (Å²) in [6.45, 7) is 0. The average molecular weight is 433 g/mol. The quantitative estimate of drug-likeness (QED) is 0.490. The van der Waals surface area contributed by atoms with Crippen LogP contribution < -0.4 is 4.18 Å². The lowest BCUT2D eigenvalue weighted by atomic mass is 10.1. The van der Waals surface area contributed by atoms with Crippen LogP contribution in [0.25, 0.3) is 10.8 Å². The van der Waals surface area contributed by atoms with Crippen molar-refractivity contribution in [3.63, 3.8) is 0 Å². The average Bonchev–Trinajstić information content (AvgIpc) is 2.55. The minimum absolute atomic E-state index is 0.113. The van der Waals surface area contributed by atoms with Crippen molar-refractivity contribution in [3.8, 4) is 5.75 Å². The monoisotopic (exact) mass is 432 g/mol. The molecule has 0 unspecified atom stereocenters. The van der Waals surface area contributed by atoms with Crippen molar-refractivity contribution in [2.45, 2.75) is 9.79 Å². The molecule has 0 aliphatic rings. The maximum atomic E-state index is 12.6. The van der Waals surface area contributed by atoms with Crippen molar-refractivity contribution in [2.75, 3.05) is 0 Å². The molecule has 0 aromatic heterocycles. The second-order valence-electron chi connectivity index (χ2n) is 5.24. The van der Waals surface area contributed by atoms with E-state index in [9.17, 15) is 21.4 Å². The van der Waals surface area contributed by atoms with Crippen LogP contribution >= 0.6 is 23.2 Å². The van der Waals surface area contributed by atoms with Crippen molar-refractivity contribution in [1.82, 2.24) is 0 Å². The van der Waals surface area contributed by atoms with Gasteiger partial charge in [-0.1, -0.05) is 53.5 Å². The summed E-state index contributed by atoms with van der Waals surface area (Å²) in [5.41, 5.74) is 0. The normalized spacial score (nSPS) is 12.3. The topological polar surface area (TPSA) is 97.7 Å². The number of hydrogen-bond donors (Lipinski definition) is 1. The lowest BCUT2D eigenvalue weighted by molar-refractivity contribution is 0.463. The molecule has 3 aromatic carbocycles. The molecular formula is C16H10Cl2O6S2. The number of rotatable bonds is 4. The highest BCUT2D eigenvalue weighted by molar-refractivity contribution is 7.87. The fourth-order valence-electron chi connectivity index (χ4n) is 2.29. The highest BCUT2D eigenvalue weighted by atomic mass is 35.5. The molecule has 0 saturated carbocycles. The Morgan fingerprint density at radius 3 is 2.15 bits per heavy atom. The summed E-state index contributed by atoms with van der Waals surface area (Å²) in [6.07, 6.45) is 0. The summed E-state index contributed by atoms with van der Waals surface area (Å²) < 4.78 is 62.4. The Labute approximate surface area is 159 Å². The first-order valence-corrected chi connectivity index (χ1v) is 10.6. The van der Waals surface area contributed by atoms with E-state index >= 15 is 0 Å². The summed E-state index contributed by atoms with van der Waals surface area (Å²) in [5, 5.41) is 0.969. The van der Waals surface area contributed by atoms with E-state index in [-0.39, 0.29) is 14.9 Å².